The number of halogens is 1. The van der Waals surface area contributed by atoms with Gasteiger partial charge in [-0.3, -0.25) is 4.79 Å². The van der Waals surface area contributed by atoms with Gasteiger partial charge >= 0.3 is 0 Å². The molecule has 0 aliphatic rings. The second-order valence-electron chi connectivity index (χ2n) is 5.56. The summed E-state index contributed by atoms with van der Waals surface area (Å²) in [6, 6.07) is 11.7. The zero-order valence-corrected chi connectivity index (χ0v) is 15.2. The highest BCUT2D eigenvalue weighted by Crippen LogP contribution is 2.26. The number of H-pyrrole nitrogens is 1. The molecule has 3 rings (SSSR count). The van der Waals surface area contributed by atoms with E-state index in [2.05, 4.69) is 36.1 Å². The number of benzene rings is 1. The van der Waals surface area contributed by atoms with Gasteiger partial charge in [0.15, 0.2) is 3.92 Å². The van der Waals surface area contributed by atoms with Crippen LogP contribution in [-0.4, -0.2) is 41.4 Å². The average molecular weight is 393 g/mol. The largest absolute Gasteiger partial charge is 0.343 e. The summed E-state index contributed by atoms with van der Waals surface area (Å²) >= 11 is 4.82. The maximum Gasteiger partial charge on any atom is 0.268 e. The maximum atomic E-state index is 12.6. The number of fused-ring (bicyclic) bond motifs is 1. The van der Waals surface area contributed by atoms with Crippen molar-refractivity contribution in [3.05, 3.63) is 51.6 Å². The number of rotatable bonds is 5. The molecule has 0 saturated carbocycles. The van der Waals surface area contributed by atoms with Gasteiger partial charge in [-0.05, 0) is 41.7 Å². The van der Waals surface area contributed by atoms with Gasteiger partial charge in [-0.15, -0.1) is 0 Å². The highest BCUT2D eigenvalue weighted by atomic mass is 79.9. The Labute approximate surface area is 146 Å². The van der Waals surface area contributed by atoms with Crippen molar-refractivity contribution >= 4 is 43.5 Å². The third-order valence-corrected chi connectivity index (χ3v) is 4.89. The van der Waals surface area contributed by atoms with Gasteiger partial charge in [-0.25, -0.2) is 4.98 Å². The minimum Gasteiger partial charge on any atom is -0.343 e. The first kappa shape index (κ1) is 16.2. The second-order valence-corrected chi connectivity index (χ2v) is 7.84. The van der Waals surface area contributed by atoms with Gasteiger partial charge in [0.1, 0.15) is 16.0 Å². The summed E-state index contributed by atoms with van der Waals surface area (Å²) in [4.78, 5) is 23.0. The molecule has 1 atom stereocenters. The maximum absolute atomic E-state index is 12.6. The first-order chi connectivity index (χ1) is 11.0. The standard InChI is InChI=1S/C16H17BrN4OS/c1-21(2)9-13(10-6-4-3-5-7-10)18-14(22)11-8-12-15(19-11)23-16(17)20-12/h3-8,13,19H,9H2,1-2H3,(H,18,22)/t13-/m0/s1. The molecule has 0 fully saturated rings. The number of nitrogens with zero attached hydrogens (tertiary/aromatic N) is 2. The Bertz CT molecular complexity index is 780. The van der Waals surface area contributed by atoms with Gasteiger partial charge in [-0.1, -0.05) is 41.7 Å². The van der Waals surface area contributed by atoms with Crippen LogP contribution in [0.2, 0.25) is 0 Å². The van der Waals surface area contributed by atoms with E-state index in [9.17, 15) is 4.79 Å². The summed E-state index contributed by atoms with van der Waals surface area (Å²) in [5.41, 5.74) is 2.42. The summed E-state index contributed by atoms with van der Waals surface area (Å²) in [5.74, 6) is -0.123. The van der Waals surface area contributed by atoms with Crippen LogP contribution in [-0.2, 0) is 0 Å². The zero-order valence-electron chi connectivity index (χ0n) is 12.8. The molecule has 2 N–H and O–H groups in total. The molecule has 0 saturated heterocycles. The van der Waals surface area contributed by atoms with Crippen LogP contribution in [0.15, 0.2) is 40.3 Å². The summed E-state index contributed by atoms with van der Waals surface area (Å²) in [6.07, 6.45) is 0. The molecule has 7 heteroatoms. The van der Waals surface area contributed by atoms with Crippen LogP contribution in [0.25, 0.3) is 10.3 Å². The van der Waals surface area contributed by atoms with Crippen molar-refractivity contribution in [2.75, 3.05) is 20.6 Å². The van der Waals surface area contributed by atoms with Crippen LogP contribution in [0.5, 0.6) is 0 Å². The Morgan fingerprint density at radius 1 is 1.39 bits per heavy atom. The predicted octanol–water partition coefficient (Wildman–Crippen LogP) is 3.42. The number of carbonyl (C=O) groups is 1. The highest BCUT2D eigenvalue weighted by molar-refractivity contribution is 9.11. The monoisotopic (exact) mass is 392 g/mol. The zero-order chi connectivity index (χ0) is 16.4. The molecular formula is C16H17BrN4OS. The van der Waals surface area contributed by atoms with Gasteiger partial charge < -0.3 is 15.2 Å². The third kappa shape index (κ3) is 3.80. The van der Waals surface area contributed by atoms with Crippen molar-refractivity contribution in [1.29, 1.82) is 0 Å². The van der Waals surface area contributed by atoms with Gasteiger partial charge in [0.25, 0.3) is 5.91 Å². The van der Waals surface area contributed by atoms with E-state index in [0.29, 0.717) is 5.69 Å². The average Bonchev–Trinajstić information content (AvgIpc) is 3.04. The molecular weight excluding hydrogens is 376 g/mol. The fraction of sp³-hybridized carbons (Fsp3) is 0.250. The van der Waals surface area contributed by atoms with Crippen LogP contribution in [0.3, 0.4) is 0 Å². The van der Waals surface area contributed by atoms with Gasteiger partial charge in [-0.2, -0.15) is 0 Å². The van der Waals surface area contributed by atoms with E-state index < -0.39 is 0 Å². The van der Waals surface area contributed by atoms with Crippen molar-refractivity contribution < 1.29 is 4.79 Å². The van der Waals surface area contributed by atoms with E-state index in [-0.39, 0.29) is 11.9 Å². The van der Waals surface area contributed by atoms with Crippen molar-refractivity contribution in [2.24, 2.45) is 0 Å². The summed E-state index contributed by atoms with van der Waals surface area (Å²) in [7, 11) is 3.99. The molecule has 2 heterocycles. The van der Waals surface area contributed by atoms with E-state index in [1.54, 1.807) is 6.07 Å². The van der Waals surface area contributed by atoms with E-state index in [4.69, 9.17) is 0 Å². The van der Waals surface area contributed by atoms with E-state index in [1.807, 2.05) is 44.4 Å². The topological polar surface area (TPSA) is 61.0 Å². The quantitative estimate of drug-likeness (QED) is 0.699. The molecule has 0 aliphatic carbocycles. The molecule has 5 nitrogen and oxygen atoms in total. The van der Waals surface area contributed by atoms with Crippen molar-refractivity contribution in [2.45, 2.75) is 6.04 Å². The number of likely N-dealkylation sites (N-methyl/N-ethyl adjacent to an activating group) is 1. The van der Waals surface area contributed by atoms with Crippen molar-refractivity contribution in [1.82, 2.24) is 20.2 Å². The minimum atomic E-state index is -0.123. The number of thiazole rings is 1. The molecule has 0 unspecified atom stereocenters. The SMILES string of the molecule is CN(C)C[C@H](NC(=O)c1cc2nc(Br)sc2[nH]1)c1ccccc1. The lowest BCUT2D eigenvalue weighted by Crippen LogP contribution is -2.35. The minimum absolute atomic E-state index is 0.0697. The Kier molecular flexibility index (Phi) is 4.79. The van der Waals surface area contributed by atoms with Crippen LogP contribution in [0.1, 0.15) is 22.1 Å². The second kappa shape index (κ2) is 6.82. The predicted molar refractivity (Wildman–Crippen MR) is 96.9 cm³/mol. The molecule has 3 aromatic rings. The summed E-state index contributed by atoms with van der Waals surface area (Å²) in [6.45, 7) is 0.731. The Balaban J connectivity index is 1.80. The van der Waals surface area contributed by atoms with Crippen LogP contribution in [0, 0.1) is 0 Å². The Morgan fingerprint density at radius 3 is 2.78 bits per heavy atom. The van der Waals surface area contributed by atoms with Crippen LogP contribution >= 0.6 is 27.3 Å². The lowest BCUT2D eigenvalue weighted by Gasteiger charge is -2.22. The highest BCUT2D eigenvalue weighted by Gasteiger charge is 2.18. The fourth-order valence-electron chi connectivity index (χ4n) is 2.43. The smallest absolute Gasteiger partial charge is 0.268 e. The van der Waals surface area contributed by atoms with Gasteiger partial charge in [0.2, 0.25) is 0 Å². The summed E-state index contributed by atoms with van der Waals surface area (Å²) < 4.78 is 0.806. The Hall–Kier alpha value is -1.70. The number of carbonyl (C=O) groups excluding carboxylic acids is 1. The number of nitrogens with one attached hydrogen (secondary N) is 2. The van der Waals surface area contributed by atoms with Crippen molar-refractivity contribution in [3.8, 4) is 0 Å². The van der Waals surface area contributed by atoms with E-state index in [0.717, 1.165) is 26.4 Å². The lowest BCUT2D eigenvalue weighted by atomic mass is 10.1. The molecule has 1 aromatic carbocycles. The molecule has 23 heavy (non-hydrogen) atoms. The molecule has 0 bridgehead atoms. The van der Waals surface area contributed by atoms with Crippen LogP contribution < -0.4 is 5.32 Å². The molecule has 120 valence electrons. The summed E-state index contributed by atoms with van der Waals surface area (Å²) in [5, 5.41) is 3.10. The van der Waals surface area contributed by atoms with Crippen molar-refractivity contribution in [3.63, 3.8) is 0 Å². The Morgan fingerprint density at radius 2 is 2.13 bits per heavy atom. The van der Waals surface area contributed by atoms with Crippen LogP contribution in [0.4, 0.5) is 0 Å². The van der Waals surface area contributed by atoms with Gasteiger partial charge in [0, 0.05) is 6.54 Å². The normalized spacial score (nSPS) is 12.7. The molecule has 0 radical (unpaired) electrons. The lowest BCUT2D eigenvalue weighted by molar-refractivity contribution is 0.0925. The molecule has 1 amide bonds. The van der Waals surface area contributed by atoms with E-state index in [1.165, 1.54) is 11.3 Å². The number of aromatic nitrogens is 2. The molecule has 0 spiro atoms. The first-order valence-electron chi connectivity index (χ1n) is 7.18. The number of amides is 1. The number of aromatic amines is 1. The first-order valence-corrected chi connectivity index (χ1v) is 8.79. The molecule has 2 aromatic heterocycles. The third-order valence-electron chi connectivity index (χ3n) is 3.46. The van der Waals surface area contributed by atoms with E-state index >= 15 is 0 Å². The number of hydrogen-bond donors (Lipinski definition) is 2. The number of hydrogen-bond acceptors (Lipinski definition) is 4. The fourth-order valence-corrected chi connectivity index (χ4v) is 3.79. The molecule has 0 aliphatic heterocycles. The van der Waals surface area contributed by atoms with Gasteiger partial charge in [0.05, 0.1) is 6.04 Å².